The molecule has 0 saturated carbocycles. The summed E-state index contributed by atoms with van der Waals surface area (Å²) in [5.41, 5.74) is -0.445. The minimum absolute atomic E-state index is 0.105. The molecule has 0 aliphatic rings. The third kappa shape index (κ3) is 1.61. The highest BCUT2D eigenvalue weighted by atomic mass is 79.9. The van der Waals surface area contributed by atoms with Crippen LogP contribution in [0.1, 0.15) is 0 Å². The number of nitrogens with one attached hydrogen (secondary N) is 1. The Bertz CT molecular complexity index is 317. The van der Waals surface area contributed by atoms with Crippen molar-refractivity contribution in [2.24, 2.45) is 0 Å². The summed E-state index contributed by atoms with van der Waals surface area (Å²) in [7, 11) is 0. The van der Waals surface area contributed by atoms with Gasteiger partial charge in [0.25, 0.3) is 0 Å². The van der Waals surface area contributed by atoms with E-state index < -0.39 is 17.3 Å². The van der Waals surface area contributed by atoms with Gasteiger partial charge in [0.15, 0.2) is 5.82 Å². The molecule has 0 aliphatic heterocycles. The van der Waals surface area contributed by atoms with E-state index in [4.69, 9.17) is 0 Å². The van der Waals surface area contributed by atoms with Gasteiger partial charge in [0.2, 0.25) is 6.41 Å². The molecule has 0 atom stereocenters. The fourth-order valence-electron chi connectivity index (χ4n) is 0.718. The van der Waals surface area contributed by atoms with Gasteiger partial charge < -0.3 is 5.32 Å². The van der Waals surface area contributed by atoms with Crippen molar-refractivity contribution in [1.29, 1.82) is 0 Å². The zero-order valence-electron chi connectivity index (χ0n) is 5.77. The van der Waals surface area contributed by atoms with Gasteiger partial charge in [0, 0.05) is 0 Å². The van der Waals surface area contributed by atoms with E-state index in [1.807, 2.05) is 5.32 Å². The average molecular weight is 236 g/mol. The average Bonchev–Trinajstić information content (AvgIpc) is 2.06. The van der Waals surface area contributed by atoms with Crippen molar-refractivity contribution in [1.82, 2.24) is 0 Å². The highest BCUT2D eigenvalue weighted by Gasteiger charge is 2.10. The largest absolute Gasteiger partial charge is 0.324 e. The van der Waals surface area contributed by atoms with Crippen LogP contribution in [0.25, 0.3) is 0 Å². The van der Waals surface area contributed by atoms with Gasteiger partial charge in [-0.2, -0.15) is 0 Å². The van der Waals surface area contributed by atoms with E-state index in [1.54, 1.807) is 0 Å². The van der Waals surface area contributed by atoms with Gasteiger partial charge in [-0.3, -0.25) is 4.79 Å². The number of carbonyl (C=O) groups excluding carboxylic acids is 1. The van der Waals surface area contributed by atoms with Crippen LogP contribution in [0.2, 0.25) is 0 Å². The molecule has 0 saturated heterocycles. The Hall–Kier alpha value is -0.970. The molecule has 0 spiro atoms. The molecule has 0 fully saturated rings. The minimum atomic E-state index is -0.817. The van der Waals surface area contributed by atoms with Crippen LogP contribution >= 0.6 is 15.9 Å². The van der Waals surface area contributed by atoms with Gasteiger partial charge in [0.05, 0.1) is 4.47 Å². The minimum Gasteiger partial charge on any atom is -0.324 e. The van der Waals surface area contributed by atoms with Crippen molar-refractivity contribution in [3.8, 4) is 0 Å². The summed E-state index contributed by atoms with van der Waals surface area (Å²) in [6, 6.07) is 2.28. The number of hydrogen-bond donors (Lipinski definition) is 1. The van der Waals surface area contributed by atoms with Crippen LogP contribution in [0.3, 0.4) is 0 Å². The van der Waals surface area contributed by atoms with Gasteiger partial charge >= 0.3 is 0 Å². The summed E-state index contributed by atoms with van der Waals surface area (Å²) < 4.78 is 25.8. The molecular formula is C7H4BrF2NO. The van der Waals surface area contributed by atoms with Gasteiger partial charge in [-0.1, -0.05) is 0 Å². The maximum atomic E-state index is 12.9. The third-order valence-corrected chi connectivity index (χ3v) is 1.86. The first kappa shape index (κ1) is 9.12. The summed E-state index contributed by atoms with van der Waals surface area (Å²) >= 11 is 2.85. The molecule has 5 heteroatoms. The molecule has 1 rings (SSSR count). The van der Waals surface area contributed by atoms with E-state index in [2.05, 4.69) is 15.9 Å². The summed E-state index contributed by atoms with van der Waals surface area (Å²) in [6.07, 6.45) is 0.216. The van der Waals surface area contributed by atoms with Crippen molar-refractivity contribution >= 4 is 28.0 Å². The Balaban J connectivity index is 3.22. The second-order valence-electron chi connectivity index (χ2n) is 1.98. The monoisotopic (exact) mass is 235 g/mol. The molecule has 0 heterocycles. The van der Waals surface area contributed by atoms with Crippen molar-refractivity contribution in [2.75, 3.05) is 5.32 Å². The van der Waals surface area contributed by atoms with Crippen LogP contribution in [-0.4, -0.2) is 6.41 Å². The number of hydrogen-bond acceptors (Lipinski definition) is 1. The van der Waals surface area contributed by atoms with E-state index in [9.17, 15) is 13.6 Å². The lowest BCUT2D eigenvalue weighted by Crippen LogP contribution is -2.00. The van der Waals surface area contributed by atoms with Crippen LogP contribution in [0.15, 0.2) is 16.6 Å². The predicted molar refractivity (Wildman–Crippen MR) is 43.7 cm³/mol. The summed E-state index contributed by atoms with van der Waals surface area (Å²) in [4.78, 5) is 9.93. The lowest BCUT2D eigenvalue weighted by Gasteiger charge is -2.03. The molecule has 0 radical (unpaired) electrons. The Labute approximate surface area is 75.7 Å². The first-order valence-electron chi connectivity index (χ1n) is 3.00. The van der Waals surface area contributed by atoms with E-state index in [0.717, 1.165) is 6.07 Å². The van der Waals surface area contributed by atoms with E-state index in [0.29, 0.717) is 0 Å². The Morgan fingerprint density at radius 1 is 1.42 bits per heavy atom. The van der Waals surface area contributed by atoms with E-state index in [1.165, 1.54) is 6.07 Å². The smallest absolute Gasteiger partial charge is 0.211 e. The predicted octanol–water partition coefficient (Wildman–Crippen LogP) is 2.30. The van der Waals surface area contributed by atoms with Crippen molar-refractivity contribution < 1.29 is 13.6 Å². The second-order valence-corrected chi connectivity index (χ2v) is 2.83. The van der Waals surface area contributed by atoms with Gasteiger partial charge in [-0.15, -0.1) is 0 Å². The van der Waals surface area contributed by atoms with E-state index in [-0.39, 0.29) is 10.9 Å². The van der Waals surface area contributed by atoms with Gasteiger partial charge in [-0.05, 0) is 28.1 Å². The Morgan fingerprint density at radius 3 is 2.67 bits per heavy atom. The normalized spacial score (nSPS) is 9.58. The molecule has 0 aliphatic carbocycles. The summed E-state index contributed by atoms with van der Waals surface area (Å²) in [5.74, 6) is -1.62. The SMILES string of the molecule is O=CNc1c(F)ccc(Br)c1F. The molecule has 1 aromatic rings. The molecule has 12 heavy (non-hydrogen) atoms. The zero-order chi connectivity index (χ0) is 9.14. The molecule has 0 aromatic heterocycles. The molecule has 2 nitrogen and oxygen atoms in total. The number of carbonyl (C=O) groups is 1. The topological polar surface area (TPSA) is 29.1 Å². The highest BCUT2D eigenvalue weighted by Crippen LogP contribution is 2.25. The maximum Gasteiger partial charge on any atom is 0.211 e. The van der Waals surface area contributed by atoms with Crippen molar-refractivity contribution in [3.05, 3.63) is 28.2 Å². The van der Waals surface area contributed by atoms with Crippen LogP contribution in [-0.2, 0) is 4.79 Å². The molecule has 0 bridgehead atoms. The number of halogens is 3. The van der Waals surface area contributed by atoms with Crippen molar-refractivity contribution in [3.63, 3.8) is 0 Å². The molecule has 64 valence electrons. The fourth-order valence-corrected chi connectivity index (χ4v) is 1.05. The summed E-state index contributed by atoms with van der Waals surface area (Å²) in [5, 5.41) is 1.92. The molecular weight excluding hydrogens is 232 g/mol. The lowest BCUT2D eigenvalue weighted by atomic mass is 10.3. The van der Waals surface area contributed by atoms with Crippen LogP contribution in [0.4, 0.5) is 14.5 Å². The quantitative estimate of drug-likeness (QED) is 0.619. The van der Waals surface area contributed by atoms with Gasteiger partial charge in [0.1, 0.15) is 11.5 Å². The number of anilines is 1. The van der Waals surface area contributed by atoms with Gasteiger partial charge in [-0.25, -0.2) is 8.78 Å². The number of amides is 1. The standard InChI is InChI=1S/C7H4BrF2NO/c8-4-1-2-5(9)7(6(4)10)11-3-12/h1-3H,(H,11,12). The van der Waals surface area contributed by atoms with E-state index >= 15 is 0 Å². The Kier molecular flexibility index (Phi) is 2.75. The highest BCUT2D eigenvalue weighted by molar-refractivity contribution is 9.10. The zero-order valence-corrected chi connectivity index (χ0v) is 7.36. The van der Waals surface area contributed by atoms with Crippen molar-refractivity contribution in [2.45, 2.75) is 0 Å². The number of benzene rings is 1. The first-order valence-corrected chi connectivity index (χ1v) is 3.80. The second kappa shape index (κ2) is 3.62. The maximum absolute atomic E-state index is 12.9. The fraction of sp³-hybridized carbons (Fsp3) is 0. The molecule has 1 amide bonds. The number of rotatable bonds is 2. The third-order valence-electron chi connectivity index (χ3n) is 1.25. The molecule has 1 N–H and O–H groups in total. The van der Waals surface area contributed by atoms with Crippen LogP contribution in [0, 0.1) is 11.6 Å². The molecule has 1 aromatic carbocycles. The lowest BCUT2D eigenvalue weighted by molar-refractivity contribution is -0.105. The summed E-state index contributed by atoms with van der Waals surface area (Å²) in [6.45, 7) is 0. The van der Waals surface area contributed by atoms with Crippen LogP contribution in [0.5, 0.6) is 0 Å². The molecule has 0 unspecified atom stereocenters. The first-order chi connectivity index (χ1) is 5.66. The van der Waals surface area contributed by atoms with Crippen LogP contribution < -0.4 is 5.32 Å². The Morgan fingerprint density at radius 2 is 2.08 bits per heavy atom.